The molecule has 122 valence electrons. The van der Waals surface area contributed by atoms with Gasteiger partial charge in [0.05, 0.1) is 6.61 Å². The predicted molar refractivity (Wildman–Crippen MR) is 76.5 cm³/mol. The van der Waals surface area contributed by atoms with E-state index in [-0.39, 0.29) is 25.1 Å². The lowest BCUT2D eigenvalue weighted by Gasteiger charge is -2.33. The normalized spacial score (nSPS) is 22.9. The molecule has 1 aromatic carbocycles. The first-order valence-electron chi connectivity index (χ1n) is 6.77. The number of benzene rings is 1. The molecule has 0 bridgehead atoms. The number of carboxylic acids is 1. The van der Waals surface area contributed by atoms with E-state index in [2.05, 4.69) is 0 Å². The molecule has 0 spiro atoms. The molecule has 22 heavy (non-hydrogen) atoms. The van der Waals surface area contributed by atoms with Crippen LogP contribution in [0.5, 0.6) is 0 Å². The van der Waals surface area contributed by atoms with Crippen molar-refractivity contribution in [2.75, 3.05) is 20.3 Å². The molecule has 2 rings (SSSR count). The number of methoxy groups -OCH3 is 1. The van der Waals surface area contributed by atoms with E-state index in [0.717, 1.165) is 10.4 Å². The Hall–Kier alpha value is -1.51. The molecule has 0 saturated carbocycles. The standard InChI is InChI=1S/C14H18FNO5S/c1-10-5-3-6-11(15)12(10)22(19,20)16-8-4-7-14(16,9-21-2)13(17)18/h3,5-6H,4,7-9H2,1-2H3,(H,17,18). The Morgan fingerprint density at radius 3 is 2.73 bits per heavy atom. The third-order valence-corrected chi connectivity index (χ3v) is 6.07. The number of aliphatic carboxylic acids is 1. The second-order valence-electron chi connectivity index (χ2n) is 5.34. The SMILES string of the molecule is COCC1(C(=O)O)CCCN1S(=O)(=O)c1c(C)cccc1F. The number of carboxylic acid groups (broad SMARTS) is 1. The number of halogens is 1. The van der Waals surface area contributed by atoms with Gasteiger partial charge in [0.15, 0.2) is 5.54 Å². The zero-order valence-corrected chi connectivity index (χ0v) is 13.2. The molecule has 0 aliphatic carbocycles. The zero-order valence-electron chi connectivity index (χ0n) is 12.4. The van der Waals surface area contributed by atoms with Gasteiger partial charge in [0, 0.05) is 13.7 Å². The molecule has 0 radical (unpaired) electrons. The average molecular weight is 331 g/mol. The van der Waals surface area contributed by atoms with Crippen LogP contribution in [-0.2, 0) is 19.6 Å². The smallest absolute Gasteiger partial charge is 0.327 e. The van der Waals surface area contributed by atoms with Crippen LogP contribution in [0.25, 0.3) is 0 Å². The molecular weight excluding hydrogens is 313 g/mol. The van der Waals surface area contributed by atoms with Crippen molar-refractivity contribution in [2.24, 2.45) is 0 Å². The number of sulfonamides is 1. The van der Waals surface area contributed by atoms with Crippen molar-refractivity contribution in [3.8, 4) is 0 Å². The van der Waals surface area contributed by atoms with Crippen LogP contribution in [0.15, 0.2) is 23.1 Å². The van der Waals surface area contributed by atoms with Gasteiger partial charge in [0.1, 0.15) is 10.7 Å². The summed E-state index contributed by atoms with van der Waals surface area (Å²) in [5.74, 6) is -2.17. The largest absolute Gasteiger partial charge is 0.480 e. The monoisotopic (exact) mass is 331 g/mol. The number of aryl methyl sites for hydroxylation is 1. The van der Waals surface area contributed by atoms with E-state index >= 15 is 0 Å². The topological polar surface area (TPSA) is 83.9 Å². The molecule has 1 atom stereocenters. The summed E-state index contributed by atoms with van der Waals surface area (Å²) in [5.41, 5.74) is -1.45. The van der Waals surface area contributed by atoms with Crippen LogP contribution in [-0.4, -0.2) is 49.6 Å². The minimum atomic E-state index is -4.28. The number of hydrogen-bond acceptors (Lipinski definition) is 4. The Morgan fingerprint density at radius 1 is 1.50 bits per heavy atom. The van der Waals surface area contributed by atoms with Crippen molar-refractivity contribution in [1.29, 1.82) is 0 Å². The van der Waals surface area contributed by atoms with E-state index in [1.165, 1.54) is 26.2 Å². The minimum Gasteiger partial charge on any atom is -0.480 e. The van der Waals surface area contributed by atoms with Gasteiger partial charge in [-0.2, -0.15) is 4.31 Å². The summed E-state index contributed by atoms with van der Waals surface area (Å²) in [6.45, 7) is 1.21. The number of carbonyl (C=O) groups is 1. The molecular formula is C14H18FNO5S. The van der Waals surface area contributed by atoms with Crippen LogP contribution in [0.4, 0.5) is 4.39 Å². The first kappa shape index (κ1) is 16.9. The Kier molecular flexibility index (Phi) is 4.55. The van der Waals surface area contributed by atoms with E-state index in [4.69, 9.17) is 4.74 Å². The van der Waals surface area contributed by atoms with Crippen LogP contribution >= 0.6 is 0 Å². The predicted octanol–water partition coefficient (Wildman–Crippen LogP) is 1.39. The van der Waals surface area contributed by atoms with Crippen molar-refractivity contribution < 1.29 is 27.4 Å². The molecule has 1 unspecified atom stereocenters. The van der Waals surface area contributed by atoms with E-state index in [1.54, 1.807) is 0 Å². The van der Waals surface area contributed by atoms with Crippen molar-refractivity contribution in [3.05, 3.63) is 29.6 Å². The Bertz CT molecular complexity index is 670. The van der Waals surface area contributed by atoms with E-state index in [0.29, 0.717) is 6.42 Å². The van der Waals surface area contributed by atoms with Gasteiger partial charge in [0.25, 0.3) is 0 Å². The van der Waals surface area contributed by atoms with Crippen LogP contribution in [0, 0.1) is 12.7 Å². The van der Waals surface area contributed by atoms with Crippen LogP contribution < -0.4 is 0 Å². The van der Waals surface area contributed by atoms with Gasteiger partial charge in [-0.3, -0.25) is 4.79 Å². The highest BCUT2D eigenvalue weighted by molar-refractivity contribution is 7.89. The van der Waals surface area contributed by atoms with Gasteiger partial charge in [-0.15, -0.1) is 0 Å². The van der Waals surface area contributed by atoms with Gasteiger partial charge < -0.3 is 9.84 Å². The molecule has 1 fully saturated rings. The molecule has 1 N–H and O–H groups in total. The summed E-state index contributed by atoms with van der Waals surface area (Å²) < 4.78 is 45.5. The quantitative estimate of drug-likeness (QED) is 0.881. The fourth-order valence-electron chi connectivity index (χ4n) is 2.92. The summed E-state index contributed by atoms with van der Waals surface area (Å²) in [6, 6.07) is 3.94. The third kappa shape index (κ3) is 2.51. The van der Waals surface area contributed by atoms with Crippen LogP contribution in [0.3, 0.4) is 0 Å². The minimum absolute atomic E-state index is 0.0196. The maximum absolute atomic E-state index is 14.1. The van der Waals surface area contributed by atoms with Crippen LogP contribution in [0.1, 0.15) is 18.4 Å². The molecule has 1 aliphatic rings. The van der Waals surface area contributed by atoms with Gasteiger partial charge in [-0.25, -0.2) is 12.8 Å². The van der Waals surface area contributed by atoms with Gasteiger partial charge in [-0.1, -0.05) is 12.1 Å². The molecule has 8 heteroatoms. The lowest BCUT2D eigenvalue weighted by atomic mass is 9.99. The molecule has 6 nitrogen and oxygen atoms in total. The highest BCUT2D eigenvalue weighted by Crippen LogP contribution is 2.36. The van der Waals surface area contributed by atoms with E-state index in [1.807, 2.05) is 0 Å². The van der Waals surface area contributed by atoms with Gasteiger partial charge in [0.2, 0.25) is 10.0 Å². The number of ether oxygens (including phenoxy) is 1. The Morgan fingerprint density at radius 2 is 2.18 bits per heavy atom. The maximum Gasteiger partial charge on any atom is 0.327 e. The highest BCUT2D eigenvalue weighted by Gasteiger charge is 2.54. The molecule has 1 aliphatic heterocycles. The summed E-state index contributed by atoms with van der Waals surface area (Å²) >= 11 is 0. The van der Waals surface area contributed by atoms with E-state index in [9.17, 15) is 22.7 Å². The lowest BCUT2D eigenvalue weighted by molar-refractivity contribution is -0.150. The molecule has 1 aromatic rings. The van der Waals surface area contributed by atoms with Crippen LogP contribution in [0.2, 0.25) is 0 Å². The van der Waals surface area contributed by atoms with Gasteiger partial charge in [-0.05, 0) is 31.4 Å². The number of nitrogens with zero attached hydrogens (tertiary/aromatic N) is 1. The average Bonchev–Trinajstić information content (AvgIpc) is 2.84. The molecule has 1 heterocycles. The van der Waals surface area contributed by atoms with Crippen molar-refractivity contribution >= 4 is 16.0 Å². The summed E-state index contributed by atoms with van der Waals surface area (Å²) in [6.07, 6.45) is 0.505. The first-order valence-corrected chi connectivity index (χ1v) is 8.21. The van der Waals surface area contributed by atoms with Crippen molar-refractivity contribution in [3.63, 3.8) is 0 Å². The van der Waals surface area contributed by atoms with Gasteiger partial charge >= 0.3 is 5.97 Å². The summed E-state index contributed by atoms with van der Waals surface area (Å²) in [7, 11) is -2.97. The number of rotatable bonds is 5. The third-order valence-electron chi connectivity index (χ3n) is 3.92. The summed E-state index contributed by atoms with van der Waals surface area (Å²) in [4.78, 5) is 11.2. The highest BCUT2D eigenvalue weighted by atomic mass is 32.2. The van der Waals surface area contributed by atoms with Crippen molar-refractivity contribution in [2.45, 2.75) is 30.2 Å². The summed E-state index contributed by atoms with van der Waals surface area (Å²) in [5, 5.41) is 9.53. The first-order chi connectivity index (χ1) is 10.3. The number of hydrogen-bond donors (Lipinski definition) is 1. The fraction of sp³-hybridized carbons (Fsp3) is 0.500. The second kappa shape index (κ2) is 5.94. The molecule has 0 aromatic heterocycles. The fourth-order valence-corrected chi connectivity index (χ4v) is 4.98. The second-order valence-corrected chi connectivity index (χ2v) is 7.14. The Balaban J connectivity index is 2.60. The zero-order chi connectivity index (χ0) is 16.5. The van der Waals surface area contributed by atoms with E-state index < -0.39 is 32.2 Å². The molecule has 1 saturated heterocycles. The Labute approximate surface area is 128 Å². The lowest BCUT2D eigenvalue weighted by Crippen LogP contribution is -2.56. The van der Waals surface area contributed by atoms with Crippen molar-refractivity contribution in [1.82, 2.24) is 4.31 Å². The maximum atomic E-state index is 14.1. The molecule has 0 amide bonds.